The Balaban J connectivity index is 1.61. The first-order valence-electron chi connectivity index (χ1n) is 10.2. The third-order valence-electron chi connectivity index (χ3n) is 4.67. The van der Waals surface area contributed by atoms with Crippen LogP contribution in [-0.4, -0.2) is 25.5 Å². The maximum Gasteiger partial charge on any atom is 0.266 e. The minimum Gasteiger partial charge on any atom is -0.497 e. The van der Waals surface area contributed by atoms with Crippen molar-refractivity contribution in [3.05, 3.63) is 88.5 Å². The number of carbonyl (C=O) groups is 2. The largest absolute Gasteiger partial charge is 0.497 e. The summed E-state index contributed by atoms with van der Waals surface area (Å²) in [5.74, 6) is 0.0699. The molecule has 3 aromatic carbocycles. The lowest BCUT2D eigenvalue weighted by Crippen LogP contribution is -2.20. The molecule has 3 aromatic rings. The van der Waals surface area contributed by atoms with E-state index in [1.165, 1.54) is 6.08 Å². The van der Waals surface area contributed by atoms with Gasteiger partial charge in [0, 0.05) is 11.4 Å². The van der Waals surface area contributed by atoms with Crippen LogP contribution in [-0.2, 0) is 9.59 Å². The average Bonchev–Trinajstić information content (AvgIpc) is 2.83. The van der Waals surface area contributed by atoms with Crippen LogP contribution in [0.25, 0.3) is 6.08 Å². The van der Waals surface area contributed by atoms with Crippen molar-refractivity contribution >= 4 is 40.9 Å². The molecule has 0 aromatic heterocycles. The van der Waals surface area contributed by atoms with Crippen molar-refractivity contribution in [1.29, 1.82) is 5.26 Å². The first kappa shape index (κ1) is 24.4. The lowest BCUT2D eigenvalue weighted by atomic mass is 10.1. The van der Waals surface area contributed by atoms with Gasteiger partial charge in [0.15, 0.2) is 6.61 Å². The van der Waals surface area contributed by atoms with Gasteiger partial charge in [-0.05, 0) is 67.1 Å². The van der Waals surface area contributed by atoms with Crippen molar-refractivity contribution in [2.45, 2.75) is 6.92 Å². The fourth-order valence-electron chi connectivity index (χ4n) is 2.89. The molecule has 0 unspecified atom stereocenters. The zero-order chi connectivity index (χ0) is 24.5. The molecule has 3 rings (SSSR count). The molecule has 0 aliphatic carbocycles. The maximum atomic E-state index is 12.5. The Morgan fingerprint density at radius 1 is 1.00 bits per heavy atom. The second kappa shape index (κ2) is 11.5. The van der Waals surface area contributed by atoms with Gasteiger partial charge < -0.3 is 20.1 Å². The molecule has 7 nitrogen and oxygen atoms in total. The van der Waals surface area contributed by atoms with E-state index in [1.54, 1.807) is 61.7 Å². The molecule has 0 fully saturated rings. The number of anilines is 2. The van der Waals surface area contributed by atoms with Crippen LogP contribution >= 0.6 is 11.6 Å². The molecule has 8 heteroatoms. The minimum absolute atomic E-state index is 0.0990. The standard InChI is InChI=1S/C26H22ClN3O4/c1-17-3-6-20(7-4-17)29-25(31)16-34-24-12-5-18(14-23(24)27)13-19(15-28)26(32)30-21-8-10-22(33-2)11-9-21/h3-14H,16H2,1-2H3,(H,29,31)(H,30,32)/b19-13+. The second-order valence-corrected chi connectivity index (χ2v) is 7.65. The van der Waals surface area contributed by atoms with Gasteiger partial charge >= 0.3 is 0 Å². The normalized spacial score (nSPS) is 10.7. The SMILES string of the molecule is COc1ccc(NC(=O)/C(C#N)=C/c2ccc(OCC(=O)Nc3ccc(C)cc3)c(Cl)c2)cc1. The number of methoxy groups -OCH3 is 1. The summed E-state index contributed by atoms with van der Waals surface area (Å²) in [6.07, 6.45) is 1.42. The summed E-state index contributed by atoms with van der Waals surface area (Å²) < 4.78 is 10.6. The van der Waals surface area contributed by atoms with Crippen LogP contribution in [0.1, 0.15) is 11.1 Å². The second-order valence-electron chi connectivity index (χ2n) is 7.25. The van der Waals surface area contributed by atoms with E-state index in [9.17, 15) is 14.9 Å². The highest BCUT2D eigenvalue weighted by molar-refractivity contribution is 6.32. The van der Waals surface area contributed by atoms with Crippen LogP contribution in [0, 0.1) is 18.3 Å². The van der Waals surface area contributed by atoms with E-state index in [0.29, 0.717) is 28.4 Å². The number of nitrogens with zero attached hydrogens (tertiary/aromatic N) is 1. The van der Waals surface area contributed by atoms with Gasteiger partial charge in [-0.3, -0.25) is 9.59 Å². The van der Waals surface area contributed by atoms with Crippen LogP contribution in [0.2, 0.25) is 5.02 Å². The smallest absolute Gasteiger partial charge is 0.266 e. The third kappa shape index (κ3) is 6.86. The number of nitriles is 1. The number of aryl methyl sites for hydroxylation is 1. The molecule has 0 heterocycles. The van der Waals surface area contributed by atoms with Crippen molar-refractivity contribution in [2.24, 2.45) is 0 Å². The number of carbonyl (C=O) groups excluding carboxylic acids is 2. The predicted molar refractivity (Wildman–Crippen MR) is 132 cm³/mol. The van der Waals surface area contributed by atoms with E-state index < -0.39 is 5.91 Å². The molecule has 0 saturated heterocycles. The van der Waals surface area contributed by atoms with Gasteiger partial charge in [0.25, 0.3) is 11.8 Å². The highest BCUT2D eigenvalue weighted by Gasteiger charge is 2.11. The molecule has 2 N–H and O–H groups in total. The fourth-order valence-corrected chi connectivity index (χ4v) is 3.13. The molecule has 0 aliphatic rings. The predicted octanol–water partition coefficient (Wildman–Crippen LogP) is 5.22. The van der Waals surface area contributed by atoms with E-state index in [0.717, 1.165) is 5.56 Å². The number of rotatable bonds is 8. The molecule has 172 valence electrons. The van der Waals surface area contributed by atoms with Crippen LogP contribution in [0.15, 0.2) is 72.3 Å². The van der Waals surface area contributed by atoms with Gasteiger partial charge in [-0.25, -0.2) is 0 Å². The van der Waals surface area contributed by atoms with E-state index in [2.05, 4.69) is 10.6 Å². The first-order valence-corrected chi connectivity index (χ1v) is 10.6. The molecular formula is C26H22ClN3O4. The van der Waals surface area contributed by atoms with Gasteiger partial charge in [0.05, 0.1) is 12.1 Å². The van der Waals surface area contributed by atoms with Crippen LogP contribution in [0.4, 0.5) is 11.4 Å². The molecule has 0 spiro atoms. The quantitative estimate of drug-likeness (QED) is 0.343. The number of amides is 2. The summed E-state index contributed by atoms with van der Waals surface area (Å²) >= 11 is 6.27. The first-order chi connectivity index (χ1) is 16.4. The van der Waals surface area contributed by atoms with Crippen LogP contribution in [0.3, 0.4) is 0 Å². The topological polar surface area (TPSA) is 100 Å². The summed E-state index contributed by atoms with van der Waals surface area (Å²) in [5, 5.41) is 15.1. The van der Waals surface area contributed by atoms with Crippen LogP contribution in [0.5, 0.6) is 11.5 Å². The van der Waals surface area contributed by atoms with Gasteiger partial charge in [0.2, 0.25) is 0 Å². The Morgan fingerprint density at radius 3 is 2.26 bits per heavy atom. The molecule has 2 amide bonds. The summed E-state index contributed by atoms with van der Waals surface area (Å²) in [6, 6.07) is 20.8. The van der Waals surface area contributed by atoms with E-state index in [1.807, 2.05) is 25.1 Å². The summed E-state index contributed by atoms with van der Waals surface area (Å²) in [7, 11) is 1.55. The molecular weight excluding hydrogens is 454 g/mol. The van der Waals surface area contributed by atoms with Crippen molar-refractivity contribution in [3.63, 3.8) is 0 Å². The molecule has 0 atom stereocenters. The Bertz CT molecular complexity index is 1250. The third-order valence-corrected chi connectivity index (χ3v) is 4.97. The number of hydrogen-bond donors (Lipinski definition) is 2. The van der Waals surface area contributed by atoms with Gasteiger partial charge in [-0.1, -0.05) is 35.4 Å². The summed E-state index contributed by atoms with van der Waals surface area (Å²) in [4.78, 5) is 24.6. The van der Waals surface area contributed by atoms with Crippen molar-refractivity contribution < 1.29 is 19.1 Å². The molecule has 0 radical (unpaired) electrons. The molecule has 0 saturated carbocycles. The van der Waals surface area contributed by atoms with E-state index in [-0.39, 0.29) is 23.1 Å². The number of nitrogens with one attached hydrogen (secondary N) is 2. The van der Waals surface area contributed by atoms with E-state index in [4.69, 9.17) is 21.1 Å². The average molecular weight is 476 g/mol. The van der Waals surface area contributed by atoms with Crippen molar-refractivity contribution in [1.82, 2.24) is 0 Å². The maximum absolute atomic E-state index is 12.5. The minimum atomic E-state index is -0.558. The van der Waals surface area contributed by atoms with Gasteiger partial charge in [-0.15, -0.1) is 0 Å². The molecule has 0 aliphatic heterocycles. The Kier molecular flexibility index (Phi) is 8.27. The Morgan fingerprint density at radius 2 is 1.65 bits per heavy atom. The lowest BCUT2D eigenvalue weighted by Gasteiger charge is -2.10. The Hall–Kier alpha value is -4.28. The number of halogens is 1. The van der Waals surface area contributed by atoms with Crippen LogP contribution < -0.4 is 20.1 Å². The highest BCUT2D eigenvalue weighted by Crippen LogP contribution is 2.27. The summed E-state index contributed by atoms with van der Waals surface area (Å²) in [5.41, 5.74) is 2.72. The Labute approximate surface area is 202 Å². The molecule has 0 bridgehead atoms. The zero-order valence-electron chi connectivity index (χ0n) is 18.6. The van der Waals surface area contributed by atoms with Crippen molar-refractivity contribution in [3.8, 4) is 17.6 Å². The van der Waals surface area contributed by atoms with Gasteiger partial charge in [0.1, 0.15) is 23.1 Å². The fraction of sp³-hybridized carbons (Fsp3) is 0.115. The van der Waals surface area contributed by atoms with Gasteiger partial charge in [-0.2, -0.15) is 5.26 Å². The number of hydrogen-bond acceptors (Lipinski definition) is 5. The molecule has 34 heavy (non-hydrogen) atoms. The highest BCUT2D eigenvalue weighted by atomic mass is 35.5. The number of benzene rings is 3. The number of ether oxygens (including phenoxy) is 2. The monoisotopic (exact) mass is 475 g/mol. The van der Waals surface area contributed by atoms with Crippen molar-refractivity contribution in [2.75, 3.05) is 24.4 Å². The van der Waals surface area contributed by atoms with E-state index >= 15 is 0 Å². The summed E-state index contributed by atoms with van der Waals surface area (Å²) in [6.45, 7) is 1.74. The lowest BCUT2D eigenvalue weighted by molar-refractivity contribution is -0.118. The zero-order valence-corrected chi connectivity index (χ0v) is 19.3.